The number of nitrogens with one attached hydrogen (secondary N) is 1. The molecular weight excluding hydrogens is 247 g/mol. The molecule has 0 spiro atoms. The predicted molar refractivity (Wildman–Crippen MR) is 60.3 cm³/mol. The van der Waals surface area contributed by atoms with E-state index < -0.39 is 12.7 Å². The molecule has 1 N–H and O–H groups in total. The van der Waals surface area contributed by atoms with Crippen LogP contribution in [0.25, 0.3) is 0 Å². The van der Waals surface area contributed by atoms with Crippen molar-refractivity contribution in [2.24, 2.45) is 0 Å². The quantitative estimate of drug-likeness (QED) is 0.844. The average Bonchev–Trinajstić information content (AvgIpc) is 2.73. The van der Waals surface area contributed by atoms with E-state index in [9.17, 15) is 13.2 Å². The molecule has 0 saturated heterocycles. The van der Waals surface area contributed by atoms with Gasteiger partial charge in [-0.05, 0) is 12.0 Å². The second kappa shape index (κ2) is 5.43. The van der Waals surface area contributed by atoms with Gasteiger partial charge in [0, 0.05) is 12.7 Å². The predicted octanol–water partition coefficient (Wildman–Crippen LogP) is 2.20. The van der Waals surface area contributed by atoms with Crippen molar-refractivity contribution in [1.82, 2.24) is 9.78 Å². The monoisotopic (exact) mass is 261 g/mol. The summed E-state index contributed by atoms with van der Waals surface area (Å²) in [6.07, 6.45) is 1.44. The summed E-state index contributed by atoms with van der Waals surface area (Å²) in [5.41, 5.74) is 1.68. The number of alkyl halides is 3. The normalized spacial score (nSPS) is 16.5. The summed E-state index contributed by atoms with van der Waals surface area (Å²) in [5, 5.41) is 6.67. The average molecular weight is 261 g/mol. The lowest BCUT2D eigenvalue weighted by Gasteiger charge is -2.14. The van der Waals surface area contributed by atoms with Crippen molar-refractivity contribution in [3.8, 4) is 0 Å². The van der Waals surface area contributed by atoms with Gasteiger partial charge >= 0.3 is 6.18 Å². The zero-order valence-electron chi connectivity index (χ0n) is 9.70. The Balaban J connectivity index is 1.85. The van der Waals surface area contributed by atoms with E-state index in [1.54, 1.807) is 0 Å². The molecule has 1 aromatic rings. The zero-order chi connectivity index (χ0) is 13.0. The summed E-state index contributed by atoms with van der Waals surface area (Å²) >= 11 is 0. The number of rotatable bonds is 4. The van der Waals surface area contributed by atoms with Crippen molar-refractivity contribution in [3.05, 3.63) is 24.0 Å². The molecule has 7 heteroatoms. The van der Waals surface area contributed by atoms with Gasteiger partial charge in [-0.1, -0.05) is 6.08 Å². The first kappa shape index (κ1) is 12.9. The summed E-state index contributed by atoms with van der Waals surface area (Å²) in [4.78, 5) is 0. The van der Waals surface area contributed by atoms with Gasteiger partial charge < -0.3 is 10.1 Å². The van der Waals surface area contributed by atoms with Crippen LogP contribution in [0.2, 0.25) is 0 Å². The van der Waals surface area contributed by atoms with E-state index >= 15 is 0 Å². The molecule has 0 amide bonds. The number of hydrogen-bond acceptors (Lipinski definition) is 3. The third kappa shape index (κ3) is 4.06. The van der Waals surface area contributed by atoms with Crippen LogP contribution in [-0.2, 0) is 11.3 Å². The molecular formula is C11H14F3N3O. The number of aromatic nitrogens is 2. The third-order valence-corrected chi connectivity index (χ3v) is 2.48. The molecule has 100 valence electrons. The van der Waals surface area contributed by atoms with E-state index in [-0.39, 0.29) is 0 Å². The molecule has 18 heavy (non-hydrogen) atoms. The van der Waals surface area contributed by atoms with Gasteiger partial charge in [0.25, 0.3) is 0 Å². The molecule has 0 aromatic carbocycles. The molecule has 2 heterocycles. The smallest absolute Gasteiger partial charge is 0.379 e. The SMILES string of the molecule is FC(F)(F)Cn1cc(NCC2=CCCOC2)cn1. The van der Waals surface area contributed by atoms with Crippen LogP contribution in [0, 0.1) is 0 Å². The molecule has 0 unspecified atom stereocenters. The van der Waals surface area contributed by atoms with Crippen LogP contribution in [-0.4, -0.2) is 35.7 Å². The van der Waals surface area contributed by atoms with Crippen LogP contribution in [0.1, 0.15) is 6.42 Å². The Kier molecular flexibility index (Phi) is 3.90. The topological polar surface area (TPSA) is 39.1 Å². The fourth-order valence-electron chi connectivity index (χ4n) is 1.67. The molecule has 1 aliphatic rings. The van der Waals surface area contributed by atoms with Gasteiger partial charge in [-0.2, -0.15) is 18.3 Å². The number of anilines is 1. The highest BCUT2D eigenvalue weighted by molar-refractivity contribution is 5.39. The molecule has 4 nitrogen and oxygen atoms in total. The number of nitrogens with zero attached hydrogens (tertiary/aromatic N) is 2. The van der Waals surface area contributed by atoms with Gasteiger partial charge in [0.05, 0.1) is 25.1 Å². The largest absolute Gasteiger partial charge is 0.408 e. The van der Waals surface area contributed by atoms with E-state index in [0.29, 0.717) is 18.8 Å². The second-order valence-electron chi connectivity index (χ2n) is 4.10. The molecule has 0 bridgehead atoms. The molecule has 1 aliphatic heterocycles. The van der Waals surface area contributed by atoms with E-state index in [4.69, 9.17) is 4.74 Å². The van der Waals surface area contributed by atoms with Gasteiger partial charge in [-0.3, -0.25) is 4.68 Å². The van der Waals surface area contributed by atoms with Crippen LogP contribution < -0.4 is 5.32 Å². The summed E-state index contributed by atoms with van der Waals surface area (Å²) in [6, 6.07) is 0. The Labute approximate surface area is 102 Å². The van der Waals surface area contributed by atoms with E-state index in [1.165, 1.54) is 12.4 Å². The fraction of sp³-hybridized carbons (Fsp3) is 0.545. The van der Waals surface area contributed by atoms with E-state index in [1.807, 2.05) is 0 Å². The Morgan fingerprint density at radius 1 is 1.44 bits per heavy atom. The number of hydrogen-bond donors (Lipinski definition) is 1. The van der Waals surface area contributed by atoms with Crippen LogP contribution in [0.3, 0.4) is 0 Å². The lowest BCUT2D eigenvalue weighted by molar-refractivity contribution is -0.142. The number of halogens is 3. The van der Waals surface area contributed by atoms with Crippen molar-refractivity contribution in [3.63, 3.8) is 0 Å². The first-order valence-electron chi connectivity index (χ1n) is 5.62. The summed E-state index contributed by atoms with van der Waals surface area (Å²) in [6.45, 7) is 0.800. The molecule has 2 rings (SSSR count). The van der Waals surface area contributed by atoms with Gasteiger partial charge in [0.1, 0.15) is 6.54 Å². The maximum Gasteiger partial charge on any atom is 0.408 e. The van der Waals surface area contributed by atoms with Crippen LogP contribution in [0.4, 0.5) is 18.9 Å². The minimum absolute atomic E-state index is 0.567. The Morgan fingerprint density at radius 3 is 2.94 bits per heavy atom. The fourth-order valence-corrected chi connectivity index (χ4v) is 1.67. The highest BCUT2D eigenvalue weighted by Gasteiger charge is 2.28. The first-order valence-corrected chi connectivity index (χ1v) is 5.62. The Morgan fingerprint density at radius 2 is 2.28 bits per heavy atom. The molecule has 0 saturated carbocycles. The summed E-state index contributed by atoms with van der Waals surface area (Å²) < 4.78 is 42.5. The molecule has 0 radical (unpaired) electrons. The van der Waals surface area contributed by atoms with Gasteiger partial charge in [-0.25, -0.2) is 0 Å². The molecule has 1 aromatic heterocycles. The minimum Gasteiger partial charge on any atom is -0.379 e. The van der Waals surface area contributed by atoms with Crippen molar-refractivity contribution in [2.75, 3.05) is 25.1 Å². The maximum absolute atomic E-state index is 12.1. The van der Waals surface area contributed by atoms with Crippen molar-refractivity contribution >= 4 is 5.69 Å². The van der Waals surface area contributed by atoms with Crippen molar-refractivity contribution in [2.45, 2.75) is 19.1 Å². The lowest BCUT2D eigenvalue weighted by Crippen LogP contribution is -2.17. The van der Waals surface area contributed by atoms with Crippen LogP contribution in [0.15, 0.2) is 24.0 Å². The number of ether oxygens (including phenoxy) is 1. The zero-order valence-corrected chi connectivity index (χ0v) is 9.70. The summed E-state index contributed by atoms with van der Waals surface area (Å²) in [7, 11) is 0. The second-order valence-corrected chi connectivity index (χ2v) is 4.10. The summed E-state index contributed by atoms with van der Waals surface area (Å²) in [5.74, 6) is 0. The maximum atomic E-state index is 12.1. The molecule has 0 aliphatic carbocycles. The van der Waals surface area contributed by atoms with Gasteiger partial charge in [0.15, 0.2) is 0 Å². The van der Waals surface area contributed by atoms with Crippen LogP contribution >= 0.6 is 0 Å². The Bertz CT molecular complexity index is 425. The van der Waals surface area contributed by atoms with Crippen molar-refractivity contribution < 1.29 is 17.9 Å². The van der Waals surface area contributed by atoms with Crippen molar-refractivity contribution in [1.29, 1.82) is 0 Å². The first-order chi connectivity index (χ1) is 8.53. The van der Waals surface area contributed by atoms with Crippen LogP contribution in [0.5, 0.6) is 0 Å². The molecule has 0 atom stereocenters. The standard InChI is InChI=1S/C11H14F3N3O/c12-11(13,14)8-17-6-10(5-16-17)15-4-9-2-1-3-18-7-9/h2,5-6,15H,1,3-4,7-8H2. The minimum atomic E-state index is -4.25. The highest BCUT2D eigenvalue weighted by Crippen LogP contribution is 2.18. The van der Waals surface area contributed by atoms with Gasteiger partial charge in [0.2, 0.25) is 0 Å². The highest BCUT2D eigenvalue weighted by atomic mass is 19.4. The van der Waals surface area contributed by atoms with Gasteiger partial charge in [-0.15, -0.1) is 0 Å². The Hall–Kier alpha value is -1.50. The lowest BCUT2D eigenvalue weighted by atomic mass is 10.2. The van der Waals surface area contributed by atoms with E-state index in [0.717, 1.165) is 23.3 Å². The van der Waals surface area contributed by atoms with E-state index in [2.05, 4.69) is 16.5 Å². The third-order valence-electron chi connectivity index (χ3n) is 2.48. The molecule has 0 fully saturated rings.